The standard InChI is InChI=1S/C19H23N3O2S/c1-20-19(24)15-6-8-16(9-7-15)21-18(23)13-22(2)12-14-4-10-17(25-3)11-5-14/h4-11H,12-13H2,1-3H3,(H,20,24)(H,21,23)/p+1. The van der Waals surface area contributed by atoms with Crippen molar-refractivity contribution in [2.45, 2.75) is 11.4 Å². The molecule has 0 radical (unpaired) electrons. The van der Waals surface area contributed by atoms with Crippen molar-refractivity contribution in [1.29, 1.82) is 0 Å². The van der Waals surface area contributed by atoms with Gasteiger partial charge < -0.3 is 15.5 Å². The van der Waals surface area contributed by atoms with Crippen LogP contribution in [0.15, 0.2) is 53.4 Å². The fourth-order valence-electron chi connectivity index (χ4n) is 2.48. The maximum atomic E-state index is 12.2. The summed E-state index contributed by atoms with van der Waals surface area (Å²) < 4.78 is 0. The molecule has 2 aromatic carbocycles. The first kappa shape index (κ1) is 19.0. The highest BCUT2D eigenvalue weighted by molar-refractivity contribution is 7.98. The fourth-order valence-corrected chi connectivity index (χ4v) is 2.89. The Balaban J connectivity index is 1.85. The summed E-state index contributed by atoms with van der Waals surface area (Å²) >= 11 is 1.72. The Labute approximate surface area is 152 Å². The number of carbonyl (C=O) groups excluding carboxylic acids is 2. The van der Waals surface area contributed by atoms with E-state index in [0.29, 0.717) is 17.8 Å². The lowest BCUT2D eigenvalue weighted by Crippen LogP contribution is -3.08. The van der Waals surface area contributed by atoms with Gasteiger partial charge in [-0.3, -0.25) is 9.59 Å². The summed E-state index contributed by atoms with van der Waals surface area (Å²) in [4.78, 5) is 26.0. The second kappa shape index (κ2) is 9.25. The summed E-state index contributed by atoms with van der Waals surface area (Å²) in [5, 5.41) is 5.43. The second-order valence-electron chi connectivity index (χ2n) is 5.86. The van der Waals surface area contributed by atoms with E-state index in [9.17, 15) is 9.59 Å². The van der Waals surface area contributed by atoms with Crippen molar-refractivity contribution in [2.24, 2.45) is 0 Å². The predicted molar refractivity (Wildman–Crippen MR) is 102 cm³/mol. The maximum Gasteiger partial charge on any atom is 0.279 e. The summed E-state index contributed by atoms with van der Waals surface area (Å²) in [7, 11) is 3.59. The monoisotopic (exact) mass is 358 g/mol. The Morgan fingerprint density at radius 2 is 1.68 bits per heavy atom. The van der Waals surface area contributed by atoms with Gasteiger partial charge in [0.2, 0.25) is 0 Å². The lowest BCUT2D eigenvalue weighted by molar-refractivity contribution is -0.885. The van der Waals surface area contributed by atoms with E-state index in [1.165, 1.54) is 10.5 Å². The Bertz CT molecular complexity index is 714. The van der Waals surface area contributed by atoms with Crippen LogP contribution in [0.2, 0.25) is 0 Å². The number of nitrogens with one attached hydrogen (secondary N) is 3. The number of anilines is 1. The molecular weight excluding hydrogens is 334 g/mol. The van der Waals surface area contributed by atoms with E-state index < -0.39 is 0 Å². The van der Waals surface area contributed by atoms with E-state index in [1.54, 1.807) is 43.1 Å². The van der Waals surface area contributed by atoms with Crippen molar-refractivity contribution in [3.63, 3.8) is 0 Å². The number of benzene rings is 2. The molecule has 0 heterocycles. The third-order valence-electron chi connectivity index (χ3n) is 3.79. The van der Waals surface area contributed by atoms with Gasteiger partial charge in [0, 0.05) is 28.8 Å². The molecule has 1 atom stereocenters. The molecule has 132 valence electrons. The normalized spacial score (nSPS) is 11.6. The second-order valence-corrected chi connectivity index (χ2v) is 6.74. The Morgan fingerprint density at radius 3 is 2.24 bits per heavy atom. The van der Waals surface area contributed by atoms with Crippen molar-refractivity contribution >= 4 is 29.3 Å². The molecule has 0 aliphatic rings. The van der Waals surface area contributed by atoms with Gasteiger partial charge in [-0.25, -0.2) is 0 Å². The Morgan fingerprint density at radius 1 is 1.04 bits per heavy atom. The highest BCUT2D eigenvalue weighted by Crippen LogP contribution is 2.14. The van der Waals surface area contributed by atoms with Gasteiger partial charge in [0.05, 0.1) is 7.05 Å². The van der Waals surface area contributed by atoms with Crippen molar-refractivity contribution < 1.29 is 14.5 Å². The lowest BCUT2D eigenvalue weighted by Gasteiger charge is -2.14. The number of amides is 2. The van der Waals surface area contributed by atoms with Crippen LogP contribution in [0.1, 0.15) is 15.9 Å². The largest absolute Gasteiger partial charge is 0.355 e. The fraction of sp³-hybridized carbons (Fsp3) is 0.263. The number of rotatable bonds is 7. The molecular formula is C19H24N3O2S+. The van der Waals surface area contributed by atoms with Crippen molar-refractivity contribution in [3.8, 4) is 0 Å². The first-order valence-electron chi connectivity index (χ1n) is 8.08. The van der Waals surface area contributed by atoms with Gasteiger partial charge in [-0.05, 0) is 42.7 Å². The number of hydrogen-bond acceptors (Lipinski definition) is 3. The van der Waals surface area contributed by atoms with Gasteiger partial charge in [0.15, 0.2) is 6.54 Å². The molecule has 5 nitrogen and oxygen atoms in total. The molecule has 0 saturated carbocycles. The van der Waals surface area contributed by atoms with Crippen LogP contribution in [0.5, 0.6) is 0 Å². The van der Waals surface area contributed by atoms with E-state index in [-0.39, 0.29) is 11.8 Å². The average molecular weight is 358 g/mol. The van der Waals surface area contributed by atoms with Crippen molar-refractivity contribution in [1.82, 2.24) is 5.32 Å². The molecule has 0 fully saturated rings. The third kappa shape index (κ3) is 5.92. The Kier molecular flexibility index (Phi) is 7.03. The van der Waals surface area contributed by atoms with Crippen LogP contribution in [-0.4, -0.2) is 38.7 Å². The van der Waals surface area contributed by atoms with E-state index in [4.69, 9.17) is 0 Å². The van der Waals surface area contributed by atoms with Crippen molar-refractivity contribution in [3.05, 3.63) is 59.7 Å². The zero-order valence-electron chi connectivity index (χ0n) is 14.8. The van der Waals surface area contributed by atoms with Gasteiger partial charge in [0.1, 0.15) is 6.54 Å². The summed E-state index contributed by atoms with van der Waals surface area (Å²) in [6.45, 7) is 1.17. The molecule has 2 aromatic rings. The van der Waals surface area contributed by atoms with Crippen LogP contribution in [0.3, 0.4) is 0 Å². The van der Waals surface area contributed by atoms with Crippen molar-refractivity contribution in [2.75, 3.05) is 32.2 Å². The average Bonchev–Trinajstić information content (AvgIpc) is 2.62. The van der Waals surface area contributed by atoms with E-state index in [0.717, 1.165) is 11.4 Å². The SMILES string of the molecule is CNC(=O)c1ccc(NC(=O)C[NH+](C)Cc2ccc(SC)cc2)cc1. The number of quaternary nitrogens is 1. The predicted octanol–water partition coefficient (Wildman–Crippen LogP) is 1.42. The van der Waals surface area contributed by atoms with Gasteiger partial charge in [-0.15, -0.1) is 11.8 Å². The molecule has 0 aliphatic heterocycles. The number of carbonyl (C=O) groups is 2. The smallest absolute Gasteiger partial charge is 0.279 e. The zero-order valence-corrected chi connectivity index (χ0v) is 15.6. The van der Waals surface area contributed by atoms with Crippen LogP contribution < -0.4 is 15.5 Å². The molecule has 0 bridgehead atoms. The highest BCUT2D eigenvalue weighted by Gasteiger charge is 2.11. The zero-order chi connectivity index (χ0) is 18.2. The minimum atomic E-state index is -0.144. The minimum Gasteiger partial charge on any atom is -0.355 e. The van der Waals surface area contributed by atoms with Crippen LogP contribution >= 0.6 is 11.8 Å². The molecule has 0 aromatic heterocycles. The van der Waals surface area contributed by atoms with Gasteiger partial charge >= 0.3 is 0 Å². The summed E-state index contributed by atoms with van der Waals surface area (Å²) in [5.74, 6) is -0.194. The summed E-state index contributed by atoms with van der Waals surface area (Å²) in [6.07, 6.45) is 2.05. The summed E-state index contributed by atoms with van der Waals surface area (Å²) in [6, 6.07) is 15.3. The molecule has 0 spiro atoms. The minimum absolute atomic E-state index is 0.0501. The molecule has 6 heteroatoms. The third-order valence-corrected chi connectivity index (χ3v) is 4.53. The summed E-state index contributed by atoms with van der Waals surface area (Å²) in [5.41, 5.74) is 2.46. The van der Waals surface area contributed by atoms with Gasteiger partial charge in [0.25, 0.3) is 11.8 Å². The molecule has 3 N–H and O–H groups in total. The topological polar surface area (TPSA) is 62.6 Å². The molecule has 2 amide bonds. The van der Waals surface area contributed by atoms with Crippen LogP contribution in [-0.2, 0) is 11.3 Å². The molecule has 1 unspecified atom stereocenters. The van der Waals surface area contributed by atoms with Gasteiger partial charge in [-0.2, -0.15) is 0 Å². The maximum absolute atomic E-state index is 12.2. The van der Waals surface area contributed by atoms with E-state index >= 15 is 0 Å². The molecule has 2 rings (SSSR count). The first-order chi connectivity index (χ1) is 12.0. The number of hydrogen-bond donors (Lipinski definition) is 3. The van der Waals surface area contributed by atoms with E-state index in [1.807, 2.05) is 7.05 Å². The molecule has 25 heavy (non-hydrogen) atoms. The molecule has 0 saturated heterocycles. The quantitative estimate of drug-likeness (QED) is 0.656. The Hall–Kier alpha value is -2.31. The first-order valence-corrected chi connectivity index (χ1v) is 9.30. The highest BCUT2D eigenvalue weighted by atomic mass is 32.2. The number of likely N-dealkylation sites (N-methyl/N-ethyl adjacent to an activating group) is 1. The van der Waals surface area contributed by atoms with Gasteiger partial charge in [-0.1, -0.05) is 12.1 Å². The van der Waals surface area contributed by atoms with Crippen LogP contribution in [0.4, 0.5) is 5.69 Å². The molecule has 0 aliphatic carbocycles. The lowest BCUT2D eigenvalue weighted by atomic mass is 10.2. The van der Waals surface area contributed by atoms with Crippen LogP contribution in [0.25, 0.3) is 0 Å². The van der Waals surface area contributed by atoms with E-state index in [2.05, 4.69) is 41.2 Å². The number of thioether (sulfide) groups is 1. The van der Waals surface area contributed by atoms with Crippen LogP contribution in [0, 0.1) is 0 Å².